The van der Waals surface area contributed by atoms with Crippen molar-refractivity contribution in [3.8, 4) is 5.75 Å². The molecule has 172 valence electrons. The minimum Gasteiger partial charge on any atom is -0.421 e. The molecule has 0 saturated carbocycles. The molecule has 3 aromatic carbocycles. The zero-order valence-corrected chi connectivity index (χ0v) is 22.7. The van der Waals surface area contributed by atoms with E-state index in [4.69, 9.17) is 55.9 Å². The Morgan fingerprint density at radius 1 is 0.941 bits per heavy atom. The summed E-state index contributed by atoms with van der Waals surface area (Å²) in [4.78, 5) is 29.6. The van der Waals surface area contributed by atoms with Gasteiger partial charge >= 0.3 is 11.9 Å². The average Bonchev–Trinajstić information content (AvgIpc) is 3.10. The van der Waals surface area contributed by atoms with Crippen molar-refractivity contribution in [2.45, 2.75) is 0 Å². The van der Waals surface area contributed by atoms with Crippen LogP contribution in [0.3, 0.4) is 0 Å². The third-order valence-electron chi connectivity index (χ3n) is 4.46. The van der Waals surface area contributed by atoms with Gasteiger partial charge in [0.2, 0.25) is 5.90 Å². The van der Waals surface area contributed by atoms with Gasteiger partial charge in [0.15, 0.2) is 11.4 Å². The van der Waals surface area contributed by atoms with E-state index in [-0.39, 0.29) is 33.0 Å². The molecule has 0 unspecified atom stereocenters. The van der Waals surface area contributed by atoms with E-state index in [0.717, 1.165) is 0 Å². The van der Waals surface area contributed by atoms with Gasteiger partial charge < -0.3 is 9.47 Å². The van der Waals surface area contributed by atoms with Gasteiger partial charge in [-0.1, -0.05) is 62.3 Å². The van der Waals surface area contributed by atoms with Crippen LogP contribution in [0.25, 0.3) is 6.08 Å². The van der Waals surface area contributed by atoms with Crippen LogP contribution in [-0.4, -0.2) is 17.8 Å². The van der Waals surface area contributed by atoms with Crippen LogP contribution >= 0.6 is 78.3 Å². The van der Waals surface area contributed by atoms with E-state index in [0.29, 0.717) is 30.1 Å². The van der Waals surface area contributed by atoms with Gasteiger partial charge in [0.25, 0.3) is 0 Å². The molecular weight excluding hydrogens is 656 g/mol. The Kier molecular flexibility index (Phi) is 7.72. The summed E-state index contributed by atoms with van der Waals surface area (Å²) in [6.45, 7) is 0. The third-order valence-corrected chi connectivity index (χ3v) is 6.60. The lowest BCUT2D eigenvalue weighted by molar-refractivity contribution is -0.129. The molecule has 0 spiro atoms. The van der Waals surface area contributed by atoms with Gasteiger partial charge in [-0.2, -0.15) is 0 Å². The van der Waals surface area contributed by atoms with Crippen LogP contribution in [0.4, 0.5) is 0 Å². The van der Waals surface area contributed by atoms with Crippen molar-refractivity contribution in [1.82, 2.24) is 0 Å². The summed E-state index contributed by atoms with van der Waals surface area (Å²) in [6, 6.07) is 12.5. The molecule has 4 rings (SSSR count). The highest BCUT2D eigenvalue weighted by Crippen LogP contribution is 2.36. The van der Waals surface area contributed by atoms with Crippen molar-refractivity contribution < 1.29 is 19.1 Å². The van der Waals surface area contributed by atoms with Crippen LogP contribution in [0.1, 0.15) is 21.5 Å². The van der Waals surface area contributed by atoms with Crippen molar-refractivity contribution in [1.29, 1.82) is 0 Å². The quantitative estimate of drug-likeness (QED) is 0.160. The summed E-state index contributed by atoms with van der Waals surface area (Å²) in [5.74, 6) is -1.24. The third kappa shape index (κ3) is 5.51. The number of aliphatic imine (C=N–C) groups is 1. The van der Waals surface area contributed by atoms with Gasteiger partial charge in [-0.3, -0.25) is 0 Å². The second kappa shape index (κ2) is 10.4. The normalized spacial score (nSPS) is 14.2. The highest BCUT2D eigenvalue weighted by atomic mass is 79.9. The zero-order valence-electron chi connectivity index (χ0n) is 16.5. The Morgan fingerprint density at radius 3 is 2.29 bits per heavy atom. The number of benzene rings is 3. The van der Waals surface area contributed by atoms with Crippen molar-refractivity contribution in [2.75, 3.05) is 0 Å². The number of hydrogen-bond donors (Lipinski definition) is 0. The molecule has 3 aromatic rings. The number of cyclic esters (lactones) is 1. The predicted molar refractivity (Wildman–Crippen MR) is 140 cm³/mol. The monoisotopic (exact) mass is 661 g/mol. The lowest BCUT2D eigenvalue weighted by Gasteiger charge is -2.12. The van der Waals surface area contributed by atoms with Crippen LogP contribution in [0.2, 0.25) is 20.1 Å². The molecule has 1 aliphatic heterocycles. The molecule has 0 amide bonds. The van der Waals surface area contributed by atoms with Crippen molar-refractivity contribution in [2.24, 2.45) is 4.99 Å². The number of esters is 2. The van der Waals surface area contributed by atoms with E-state index in [1.54, 1.807) is 24.3 Å². The fourth-order valence-corrected chi connectivity index (χ4v) is 5.25. The van der Waals surface area contributed by atoms with E-state index in [9.17, 15) is 9.59 Å². The molecule has 0 bridgehead atoms. The highest BCUT2D eigenvalue weighted by molar-refractivity contribution is 9.11. The molecule has 0 fully saturated rings. The Bertz CT molecular complexity index is 1420. The first-order valence-electron chi connectivity index (χ1n) is 9.26. The number of carbonyl (C=O) groups excluding carboxylic acids is 2. The van der Waals surface area contributed by atoms with Gasteiger partial charge in [-0.25, -0.2) is 14.6 Å². The van der Waals surface area contributed by atoms with Crippen LogP contribution in [0.5, 0.6) is 5.75 Å². The molecule has 0 atom stereocenters. The minimum absolute atomic E-state index is 0.0205. The number of nitrogens with zero attached hydrogens (tertiary/aromatic N) is 1. The minimum atomic E-state index is -0.713. The van der Waals surface area contributed by atoms with Crippen LogP contribution in [-0.2, 0) is 9.53 Å². The van der Waals surface area contributed by atoms with Crippen molar-refractivity contribution in [3.63, 3.8) is 0 Å². The molecule has 0 aromatic heterocycles. The van der Waals surface area contributed by atoms with Gasteiger partial charge in [0.05, 0.1) is 25.6 Å². The molecule has 11 heteroatoms. The molecule has 34 heavy (non-hydrogen) atoms. The lowest BCUT2D eigenvalue weighted by Crippen LogP contribution is -2.10. The largest absolute Gasteiger partial charge is 0.421 e. The standard InChI is InChI=1S/C23H9Br2Cl4NO4/c24-11-5-10(6-19-23(32)34-21(30-19)14-3-1-12(26)8-17(14)28)20(16(25)7-11)33-22(31)15-4-2-13(27)9-18(15)29/h1-9H/b19-6-. The molecule has 0 aliphatic carbocycles. The van der Waals surface area contributed by atoms with Crippen molar-refractivity contribution in [3.05, 3.63) is 100.0 Å². The van der Waals surface area contributed by atoms with E-state index >= 15 is 0 Å². The van der Waals surface area contributed by atoms with Crippen LogP contribution in [0.15, 0.2) is 68.2 Å². The Hall–Kier alpha value is -1.87. The van der Waals surface area contributed by atoms with E-state index in [1.165, 1.54) is 30.3 Å². The van der Waals surface area contributed by atoms with E-state index in [2.05, 4.69) is 36.9 Å². The number of rotatable bonds is 4. The fraction of sp³-hybridized carbons (Fsp3) is 0. The SMILES string of the molecule is O=C1OC(c2ccc(Cl)cc2Cl)=N/C1=C\c1cc(Br)cc(Br)c1OC(=O)c1ccc(Cl)cc1Cl. The zero-order chi connectivity index (χ0) is 24.6. The maximum absolute atomic E-state index is 12.8. The summed E-state index contributed by atoms with van der Waals surface area (Å²) in [7, 11) is 0. The summed E-state index contributed by atoms with van der Waals surface area (Å²) in [5, 5.41) is 1.23. The Balaban J connectivity index is 1.72. The predicted octanol–water partition coefficient (Wildman–Crippen LogP) is 8.39. The average molecular weight is 665 g/mol. The van der Waals surface area contributed by atoms with Gasteiger partial charge in [0, 0.05) is 20.1 Å². The molecule has 0 N–H and O–H groups in total. The van der Waals surface area contributed by atoms with Gasteiger partial charge in [-0.05, 0) is 70.5 Å². The first-order valence-corrected chi connectivity index (χ1v) is 12.4. The molecule has 1 aliphatic rings. The second-order valence-electron chi connectivity index (χ2n) is 6.78. The van der Waals surface area contributed by atoms with Crippen molar-refractivity contribution >= 4 is 102 Å². The van der Waals surface area contributed by atoms with Gasteiger partial charge in [0.1, 0.15) is 0 Å². The molecule has 0 saturated heterocycles. The maximum Gasteiger partial charge on any atom is 0.363 e. The number of halogens is 6. The topological polar surface area (TPSA) is 65.0 Å². The second-order valence-corrected chi connectivity index (χ2v) is 10.2. The molecule has 1 heterocycles. The molecular formula is C23H9Br2Cl4NO4. The van der Waals surface area contributed by atoms with E-state index in [1.807, 2.05) is 0 Å². The lowest BCUT2D eigenvalue weighted by atomic mass is 10.1. The number of hydrogen-bond acceptors (Lipinski definition) is 5. The fourth-order valence-electron chi connectivity index (χ4n) is 2.93. The molecule has 0 radical (unpaired) electrons. The number of ether oxygens (including phenoxy) is 2. The van der Waals surface area contributed by atoms with Gasteiger partial charge in [-0.15, -0.1) is 0 Å². The summed E-state index contributed by atoms with van der Waals surface area (Å²) in [6.07, 6.45) is 1.43. The first-order chi connectivity index (χ1) is 16.1. The maximum atomic E-state index is 12.8. The van der Waals surface area contributed by atoms with E-state index < -0.39 is 11.9 Å². The Labute approximate surface area is 230 Å². The summed E-state index contributed by atoms with van der Waals surface area (Å²) in [5.41, 5.74) is 0.881. The van der Waals surface area contributed by atoms with Crippen LogP contribution in [0, 0.1) is 0 Å². The highest BCUT2D eigenvalue weighted by Gasteiger charge is 2.27. The molecule has 5 nitrogen and oxygen atoms in total. The van der Waals surface area contributed by atoms with Crippen LogP contribution < -0.4 is 4.74 Å². The Morgan fingerprint density at radius 2 is 1.62 bits per heavy atom. The first kappa shape index (κ1) is 25.2. The number of carbonyl (C=O) groups is 2. The summed E-state index contributed by atoms with van der Waals surface area (Å²) < 4.78 is 12.0. The smallest absolute Gasteiger partial charge is 0.363 e. The summed E-state index contributed by atoms with van der Waals surface area (Å²) >= 11 is 30.9.